The minimum atomic E-state index is 0.523. The summed E-state index contributed by atoms with van der Waals surface area (Å²) < 4.78 is 5.05. The Kier molecular flexibility index (Phi) is 2.78. The van der Waals surface area contributed by atoms with Crippen LogP contribution in [-0.2, 0) is 6.42 Å². The fourth-order valence-electron chi connectivity index (χ4n) is 1.30. The first-order valence-corrected chi connectivity index (χ1v) is 4.89. The first-order chi connectivity index (χ1) is 7.29. The molecule has 0 aliphatic carbocycles. The van der Waals surface area contributed by atoms with Crippen LogP contribution in [0.15, 0.2) is 28.8 Å². The molecule has 2 N–H and O–H groups in total. The number of benzene rings is 1. The molecule has 0 aliphatic heterocycles. The van der Waals surface area contributed by atoms with Crippen molar-refractivity contribution < 1.29 is 4.52 Å². The van der Waals surface area contributed by atoms with Gasteiger partial charge in [0.05, 0.1) is 0 Å². The summed E-state index contributed by atoms with van der Waals surface area (Å²) in [5.74, 6) is 1.21. The van der Waals surface area contributed by atoms with Crippen LogP contribution in [0.1, 0.15) is 11.5 Å². The third-order valence-corrected chi connectivity index (χ3v) is 2.14. The van der Waals surface area contributed by atoms with Crippen molar-refractivity contribution >= 4 is 0 Å². The Labute approximate surface area is 88.1 Å². The smallest absolute Gasteiger partial charge is 0.228 e. The zero-order chi connectivity index (χ0) is 10.7. The average Bonchev–Trinajstić information content (AvgIpc) is 2.68. The summed E-state index contributed by atoms with van der Waals surface area (Å²) in [5, 5.41) is 3.89. The van der Waals surface area contributed by atoms with Gasteiger partial charge in [-0.15, -0.1) is 0 Å². The highest BCUT2D eigenvalue weighted by Gasteiger charge is 2.06. The molecule has 0 fully saturated rings. The number of hydrogen-bond donors (Lipinski definition) is 1. The van der Waals surface area contributed by atoms with E-state index in [0.29, 0.717) is 24.7 Å². The molecule has 2 aromatic rings. The highest BCUT2D eigenvalue weighted by Crippen LogP contribution is 2.16. The van der Waals surface area contributed by atoms with Crippen LogP contribution in [0.4, 0.5) is 0 Å². The maximum Gasteiger partial charge on any atom is 0.228 e. The van der Waals surface area contributed by atoms with Crippen molar-refractivity contribution in [2.24, 2.45) is 5.73 Å². The van der Waals surface area contributed by atoms with E-state index in [-0.39, 0.29) is 0 Å². The molecule has 0 saturated carbocycles. The van der Waals surface area contributed by atoms with Crippen LogP contribution in [-0.4, -0.2) is 16.7 Å². The van der Waals surface area contributed by atoms with E-state index in [0.717, 1.165) is 5.56 Å². The van der Waals surface area contributed by atoms with Gasteiger partial charge in [0.25, 0.3) is 0 Å². The van der Waals surface area contributed by atoms with Gasteiger partial charge in [-0.05, 0) is 6.92 Å². The molecule has 2 rings (SSSR count). The number of nitrogens with zero attached hydrogens (tertiary/aromatic N) is 2. The molecule has 0 saturated heterocycles. The minimum absolute atomic E-state index is 0.523. The molecule has 0 unspecified atom stereocenters. The van der Waals surface area contributed by atoms with Crippen LogP contribution >= 0.6 is 0 Å². The Hall–Kier alpha value is -1.68. The first kappa shape index (κ1) is 9.86. The summed E-state index contributed by atoms with van der Waals surface area (Å²) in [6, 6.07) is 8.00. The van der Waals surface area contributed by atoms with Crippen molar-refractivity contribution in [1.82, 2.24) is 10.1 Å². The monoisotopic (exact) mass is 203 g/mol. The topological polar surface area (TPSA) is 64.9 Å². The molecule has 0 spiro atoms. The van der Waals surface area contributed by atoms with Gasteiger partial charge in [-0.3, -0.25) is 0 Å². The van der Waals surface area contributed by atoms with Gasteiger partial charge in [0.1, 0.15) is 0 Å². The highest BCUT2D eigenvalue weighted by atomic mass is 16.5. The average molecular weight is 203 g/mol. The Morgan fingerprint density at radius 2 is 2.00 bits per heavy atom. The number of aryl methyl sites for hydroxylation is 1. The lowest BCUT2D eigenvalue weighted by Gasteiger charge is -1.94. The predicted molar refractivity (Wildman–Crippen MR) is 57.2 cm³/mol. The van der Waals surface area contributed by atoms with Gasteiger partial charge in [-0.25, -0.2) is 0 Å². The SMILES string of the molecule is Cc1ccc(-c2noc(CCN)n2)cc1. The third-order valence-electron chi connectivity index (χ3n) is 2.14. The standard InChI is InChI=1S/C11H13N3O/c1-8-2-4-9(5-3-8)11-13-10(6-7-12)15-14-11/h2-5H,6-7,12H2,1H3. The molecule has 1 aromatic carbocycles. The van der Waals surface area contributed by atoms with Gasteiger partial charge >= 0.3 is 0 Å². The van der Waals surface area contributed by atoms with Crippen molar-refractivity contribution in [2.75, 3.05) is 6.54 Å². The molecule has 0 amide bonds. The van der Waals surface area contributed by atoms with Crippen molar-refractivity contribution in [1.29, 1.82) is 0 Å². The number of hydrogen-bond acceptors (Lipinski definition) is 4. The second kappa shape index (κ2) is 4.23. The largest absolute Gasteiger partial charge is 0.339 e. The zero-order valence-electron chi connectivity index (χ0n) is 8.60. The molecule has 0 atom stereocenters. The summed E-state index contributed by atoms with van der Waals surface area (Å²) in [4.78, 5) is 4.24. The van der Waals surface area contributed by atoms with Gasteiger partial charge in [-0.1, -0.05) is 35.0 Å². The lowest BCUT2D eigenvalue weighted by Crippen LogP contribution is -2.02. The van der Waals surface area contributed by atoms with Crippen LogP contribution in [0.25, 0.3) is 11.4 Å². The number of aromatic nitrogens is 2. The maximum absolute atomic E-state index is 5.40. The van der Waals surface area contributed by atoms with E-state index in [1.807, 2.05) is 31.2 Å². The molecule has 1 heterocycles. The predicted octanol–water partition coefficient (Wildman–Crippen LogP) is 1.55. The molecule has 0 bridgehead atoms. The van der Waals surface area contributed by atoms with E-state index in [9.17, 15) is 0 Å². The second-order valence-electron chi connectivity index (χ2n) is 3.42. The molecular weight excluding hydrogens is 190 g/mol. The molecule has 4 heteroatoms. The van der Waals surface area contributed by atoms with Crippen LogP contribution < -0.4 is 5.73 Å². The van der Waals surface area contributed by atoms with E-state index in [1.54, 1.807) is 0 Å². The third kappa shape index (κ3) is 2.22. The van der Waals surface area contributed by atoms with Crippen molar-refractivity contribution in [3.8, 4) is 11.4 Å². The van der Waals surface area contributed by atoms with Crippen molar-refractivity contribution in [3.63, 3.8) is 0 Å². The normalized spacial score (nSPS) is 10.5. The molecule has 0 radical (unpaired) electrons. The highest BCUT2D eigenvalue weighted by molar-refractivity contribution is 5.54. The van der Waals surface area contributed by atoms with Crippen LogP contribution in [0.5, 0.6) is 0 Å². The quantitative estimate of drug-likeness (QED) is 0.821. The summed E-state index contributed by atoms with van der Waals surface area (Å²) in [7, 11) is 0. The lowest BCUT2D eigenvalue weighted by molar-refractivity contribution is 0.380. The van der Waals surface area contributed by atoms with Crippen molar-refractivity contribution in [2.45, 2.75) is 13.3 Å². The summed E-state index contributed by atoms with van der Waals surface area (Å²) in [5.41, 5.74) is 7.58. The number of nitrogens with two attached hydrogens (primary N) is 1. The van der Waals surface area contributed by atoms with E-state index in [4.69, 9.17) is 10.3 Å². The van der Waals surface area contributed by atoms with Gasteiger partial charge in [0.15, 0.2) is 0 Å². The van der Waals surface area contributed by atoms with Gasteiger partial charge < -0.3 is 10.3 Å². The van der Waals surface area contributed by atoms with Gasteiger partial charge in [0.2, 0.25) is 11.7 Å². The lowest BCUT2D eigenvalue weighted by atomic mass is 10.1. The van der Waals surface area contributed by atoms with Crippen LogP contribution in [0, 0.1) is 6.92 Å². The summed E-state index contributed by atoms with van der Waals surface area (Å²) in [6.07, 6.45) is 0.624. The summed E-state index contributed by atoms with van der Waals surface area (Å²) in [6.45, 7) is 2.56. The Balaban J connectivity index is 2.25. The van der Waals surface area contributed by atoms with E-state index in [2.05, 4.69) is 10.1 Å². The van der Waals surface area contributed by atoms with E-state index >= 15 is 0 Å². The van der Waals surface area contributed by atoms with E-state index in [1.165, 1.54) is 5.56 Å². The zero-order valence-corrected chi connectivity index (χ0v) is 8.60. The fourth-order valence-corrected chi connectivity index (χ4v) is 1.30. The van der Waals surface area contributed by atoms with Gasteiger partial charge in [0, 0.05) is 18.5 Å². The molecule has 15 heavy (non-hydrogen) atoms. The molecular formula is C11H13N3O. The fraction of sp³-hybridized carbons (Fsp3) is 0.273. The summed E-state index contributed by atoms with van der Waals surface area (Å²) >= 11 is 0. The Morgan fingerprint density at radius 3 is 2.67 bits per heavy atom. The first-order valence-electron chi connectivity index (χ1n) is 4.89. The second-order valence-corrected chi connectivity index (χ2v) is 3.42. The van der Waals surface area contributed by atoms with E-state index < -0.39 is 0 Å². The van der Waals surface area contributed by atoms with Gasteiger partial charge in [-0.2, -0.15) is 4.98 Å². The number of rotatable bonds is 3. The van der Waals surface area contributed by atoms with Crippen molar-refractivity contribution in [3.05, 3.63) is 35.7 Å². The Morgan fingerprint density at radius 1 is 1.27 bits per heavy atom. The Bertz CT molecular complexity index is 433. The molecule has 4 nitrogen and oxygen atoms in total. The van der Waals surface area contributed by atoms with Crippen LogP contribution in [0.2, 0.25) is 0 Å². The van der Waals surface area contributed by atoms with Crippen LogP contribution in [0.3, 0.4) is 0 Å². The molecule has 78 valence electrons. The molecule has 1 aromatic heterocycles. The molecule has 0 aliphatic rings. The maximum atomic E-state index is 5.40. The minimum Gasteiger partial charge on any atom is -0.339 e.